The molecule has 1 saturated carbocycles. The van der Waals surface area contributed by atoms with Gasteiger partial charge in [-0.3, -0.25) is 19.2 Å². The molecule has 3 rings (SSSR count). The number of Topliss-reactive ketones (excluding diaryl/α,β-unsaturated/α-hetero) is 1. The number of amides is 4. The zero-order valence-electron chi connectivity index (χ0n) is 26.9. The monoisotopic (exact) mass is 626 g/mol. The van der Waals surface area contributed by atoms with E-state index in [9.17, 15) is 24.0 Å². The third kappa shape index (κ3) is 10.3. The number of alkyl carbamates (subject to hydrolysis) is 1. The van der Waals surface area contributed by atoms with E-state index in [-0.39, 0.29) is 49.8 Å². The first-order chi connectivity index (χ1) is 21.7. The molecule has 2 aliphatic rings. The second kappa shape index (κ2) is 18.2. The second-order valence-electron chi connectivity index (χ2n) is 12.2. The van der Waals surface area contributed by atoms with E-state index in [1.165, 1.54) is 6.08 Å². The number of hydrogen-bond acceptors (Lipinski definition) is 7. The second-order valence-corrected chi connectivity index (χ2v) is 12.2. The maximum Gasteiger partial charge on any atom is 0.407 e. The van der Waals surface area contributed by atoms with Gasteiger partial charge >= 0.3 is 6.09 Å². The molecule has 1 aromatic carbocycles. The smallest absolute Gasteiger partial charge is 0.407 e. The molecule has 1 aliphatic heterocycles. The molecular formula is C34H50N4O7. The number of ketones is 1. The highest BCUT2D eigenvalue weighted by molar-refractivity contribution is 6.38. The van der Waals surface area contributed by atoms with Crippen LogP contribution >= 0.6 is 0 Å². The fraction of sp³-hybridized carbons (Fsp3) is 0.618. The summed E-state index contributed by atoms with van der Waals surface area (Å²) < 4.78 is 11.0. The van der Waals surface area contributed by atoms with E-state index in [0.717, 1.165) is 32.1 Å². The lowest BCUT2D eigenvalue weighted by atomic mass is 9.83. The van der Waals surface area contributed by atoms with Gasteiger partial charge in [0.2, 0.25) is 17.6 Å². The Morgan fingerprint density at radius 3 is 2.36 bits per heavy atom. The Morgan fingerprint density at radius 1 is 1.00 bits per heavy atom. The zero-order valence-corrected chi connectivity index (χ0v) is 26.9. The number of nitrogens with one attached hydrogen (secondary N) is 3. The van der Waals surface area contributed by atoms with E-state index in [4.69, 9.17) is 9.47 Å². The SMILES string of the molecule is C=CCNC(=O)C(=O)C(CCC)NC(=O)[C@@H]1[C@@H](C(C)C)CCN1C(=O)[C@@H](NC(=O)OCCOc1ccccc1)C1CCCCC1. The van der Waals surface area contributed by atoms with E-state index in [0.29, 0.717) is 25.1 Å². The Hall–Kier alpha value is -3.89. The molecule has 45 heavy (non-hydrogen) atoms. The molecule has 1 aliphatic carbocycles. The predicted molar refractivity (Wildman–Crippen MR) is 170 cm³/mol. The number of hydrogen-bond donors (Lipinski definition) is 3. The number of likely N-dealkylation sites (tertiary alicyclic amines) is 1. The van der Waals surface area contributed by atoms with E-state index >= 15 is 0 Å². The highest BCUT2D eigenvalue weighted by Crippen LogP contribution is 2.34. The fourth-order valence-corrected chi connectivity index (χ4v) is 6.33. The van der Waals surface area contributed by atoms with Gasteiger partial charge in [0.15, 0.2) is 0 Å². The lowest BCUT2D eigenvalue weighted by Crippen LogP contribution is -2.59. The minimum absolute atomic E-state index is 0.00367. The minimum atomic E-state index is -1.02. The molecule has 0 aromatic heterocycles. The van der Waals surface area contributed by atoms with Crippen LogP contribution in [-0.4, -0.2) is 78.9 Å². The quantitative estimate of drug-likeness (QED) is 0.144. The largest absolute Gasteiger partial charge is 0.490 e. The summed E-state index contributed by atoms with van der Waals surface area (Å²) in [6.07, 6.45) is 6.73. The summed E-state index contributed by atoms with van der Waals surface area (Å²) in [7, 11) is 0. The van der Waals surface area contributed by atoms with Gasteiger partial charge in [-0.05, 0) is 55.6 Å². The van der Waals surface area contributed by atoms with Crippen LogP contribution in [0.15, 0.2) is 43.0 Å². The van der Waals surface area contributed by atoms with Crippen molar-refractivity contribution in [2.24, 2.45) is 17.8 Å². The van der Waals surface area contributed by atoms with Gasteiger partial charge in [0.25, 0.3) is 5.91 Å². The Balaban J connectivity index is 1.74. The Kier molecular flexibility index (Phi) is 14.4. The van der Waals surface area contributed by atoms with Gasteiger partial charge in [0.05, 0.1) is 6.04 Å². The van der Waals surface area contributed by atoms with Crippen molar-refractivity contribution >= 4 is 29.6 Å². The molecule has 4 atom stereocenters. The van der Waals surface area contributed by atoms with Gasteiger partial charge in [0, 0.05) is 13.1 Å². The molecule has 0 bridgehead atoms. The summed E-state index contributed by atoms with van der Waals surface area (Å²) in [4.78, 5) is 68.0. The molecule has 1 aromatic rings. The summed E-state index contributed by atoms with van der Waals surface area (Å²) in [5, 5.41) is 8.10. The van der Waals surface area contributed by atoms with E-state index in [1.807, 2.05) is 51.1 Å². The lowest BCUT2D eigenvalue weighted by molar-refractivity contribution is -0.144. The summed E-state index contributed by atoms with van der Waals surface area (Å²) >= 11 is 0. The Labute approximate surface area is 266 Å². The van der Waals surface area contributed by atoms with Crippen LogP contribution < -0.4 is 20.7 Å². The highest BCUT2D eigenvalue weighted by atomic mass is 16.6. The maximum atomic E-state index is 14.3. The minimum Gasteiger partial charge on any atom is -0.490 e. The highest BCUT2D eigenvalue weighted by Gasteiger charge is 2.47. The summed E-state index contributed by atoms with van der Waals surface area (Å²) in [6.45, 7) is 10.1. The van der Waals surface area contributed by atoms with Crippen molar-refractivity contribution in [1.29, 1.82) is 0 Å². The number of benzene rings is 1. The number of ether oxygens (including phenoxy) is 2. The van der Waals surface area contributed by atoms with Crippen LogP contribution in [-0.2, 0) is 23.9 Å². The van der Waals surface area contributed by atoms with Crippen LogP contribution in [0, 0.1) is 17.8 Å². The van der Waals surface area contributed by atoms with Crippen LogP contribution in [0.3, 0.4) is 0 Å². The van der Waals surface area contributed by atoms with Crippen LogP contribution in [0.1, 0.15) is 72.1 Å². The molecule has 0 radical (unpaired) electrons. The number of rotatable bonds is 16. The van der Waals surface area contributed by atoms with Gasteiger partial charge in [0.1, 0.15) is 31.0 Å². The van der Waals surface area contributed by atoms with E-state index < -0.39 is 41.8 Å². The lowest BCUT2D eigenvalue weighted by Gasteiger charge is -2.36. The molecule has 1 saturated heterocycles. The van der Waals surface area contributed by atoms with Crippen LogP contribution in [0.25, 0.3) is 0 Å². The predicted octanol–water partition coefficient (Wildman–Crippen LogP) is 3.77. The van der Waals surface area contributed by atoms with Crippen LogP contribution in [0.4, 0.5) is 4.79 Å². The molecular weight excluding hydrogens is 576 g/mol. The first-order valence-corrected chi connectivity index (χ1v) is 16.3. The number of carbonyl (C=O) groups is 5. The standard InChI is InChI=1S/C34H50N4O7/c1-5-13-27(30(39)32(41)35-19-6-2)36-31(40)29-26(23(3)4)18-20-38(29)33(42)28(24-14-9-7-10-15-24)37-34(43)45-22-21-44-25-16-11-8-12-17-25/h6,8,11-12,16-17,23-24,26-29H,2,5,7,9-10,13-15,18-22H2,1,3-4H3,(H,35,41)(H,36,40)(H,37,43)/t26-,27?,28+,29+/m1/s1. The summed E-state index contributed by atoms with van der Waals surface area (Å²) in [5.41, 5.74) is 0. The molecule has 0 spiro atoms. The van der Waals surface area contributed by atoms with Crippen molar-refractivity contribution in [3.05, 3.63) is 43.0 Å². The van der Waals surface area contributed by atoms with Crippen molar-refractivity contribution in [1.82, 2.24) is 20.9 Å². The fourth-order valence-electron chi connectivity index (χ4n) is 6.33. The third-order valence-corrected chi connectivity index (χ3v) is 8.68. The number of nitrogens with zero attached hydrogens (tertiary/aromatic N) is 1. The van der Waals surface area contributed by atoms with Gasteiger partial charge in [-0.15, -0.1) is 6.58 Å². The van der Waals surface area contributed by atoms with E-state index in [1.54, 1.807) is 4.90 Å². The van der Waals surface area contributed by atoms with E-state index in [2.05, 4.69) is 22.5 Å². The molecule has 11 nitrogen and oxygen atoms in total. The topological polar surface area (TPSA) is 143 Å². The molecule has 1 heterocycles. The molecule has 1 unspecified atom stereocenters. The normalized spacial score (nSPS) is 19.7. The molecule has 3 N–H and O–H groups in total. The molecule has 4 amide bonds. The Bertz CT molecular complexity index is 1150. The molecule has 248 valence electrons. The van der Waals surface area contributed by atoms with Crippen molar-refractivity contribution < 1.29 is 33.4 Å². The average molecular weight is 627 g/mol. The third-order valence-electron chi connectivity index (χ3n) is 8.68. The van der Waals surface area contributed by atoms with Gasteiger partial charge < -0.3 is 30.3 Å². The van der Waals surface area contributed by atoms with Crippen molar-refractivity contribution in [3.8, 4) is 5.75 Å². The van der Waals surface area contributed by atoms with Crippen molar-refractivity contribution in [3.63, 3.8) is 0 Å². The van der Waals surface area contributed by atoms with Crippen molar-refractivity contribution in [2.75, 3.05) is 26.3 Å². The van der Waals surface area contributed by atoms with Gasteiger partial charge in [-0.1, -0.05) is 70.7 Å². The zero-order chi connectivity index (χ0) is 32.8. The first kappa shape index (κ1) is 35.6. The van der Waals surface area contributed by atoms with Crippen LogP contribution in [0.5, 0.6) is 5.75 Å². The van der Waals surface area contributed by atoms with Crippen molar-refractivity contribution in [2.45, 2.75) is 90.3 Å². The average Bonchev–Trinajstić information content (AvgIpc) is 3.50. The molecule has 2 fully saturated rings. The summed E-state index contributed by atoms with van der Waals surface area (Å²) in [6, 6.07) is 6.48. The maximum absolute atomic E-state index is 14.3. The number of carbonyl (C=O) groups excluding carboxylic acids is 5. The van der Waals surface area contributed by atoms with Crippen LogP contribution in [0.2, 0.25) is 0 Å². The molecule has 11 heteroatoms. The van der Waals surface area contributed by atoms with Gasteiger partial charge in [-0.25, -0.2) is 4.79 Å². The van der Waals surface area contributed by atoms with Gasteiger partial charge in [-0.2, -0.15) is 0 Å². The summed E-state index contributed by atoms with van der Waals surface area (Å²) in [5.74, 6) is -1.83. The number of para-hydroxylation sites is 1. The Morgan fingerprint density at radius 2 is 1.71 bits per heavy atom. The first-order valence-electron chi connectivity index (χ1n) is 16.3.